The summed E-state index contributed by atoms with van der Waals surface area (Å²) < 4.78 is 5.61. The minimum absolute atomic E-state index is 0.0254. The van der Waals surface area contributed by atoms with E-state index in [1.54, 1.807) is 26.1 Å². The first-order chi connectivity index (χ1) is 14.8. The number of ether oxygens (including phenoxy) is 1. The van der Waals surface area contributed by atoms with Crippen LogP contribution in [0, 0.1) is 5.41 Å². The van der Waals surface area contributed by atoms with Crippen molar-refractivity contribution in [1.29, 1.82) is 0 Å². The molecule has 31 heavy (non-hydrogen) atoms. The highest BCUT2D eigenvalue weighted by molar-refractivity contribution is 5.94. The highest BCUT2D eigenvalue weighted by Crippen LogP contribution is 2.41. The van der Waals surface area contributed by atoms with E-state index in [0.29, 0.717) is 18.0 Å². The highest BCUT2D eigenvalue weighted by atomic mass is 16.5. The average molecular weight is 424 g/mol. The monoisotopic (exact) mass is 423 g/mol. The molecule has 1 aliphatic carbocycles. The SMILES string of the molecule is CNC1CCC(Cc2cc(-c3ccc(C(=O)N(C)C)cc3)ccc2OC)(C(N)=O)CC1. The summed E-state index contributed by atoms with van der Waals surface area (Å²) >= 11 is 0. The van der Waals surface area contributed by atoms with Gasteiger partial charge in [0.15, 0.2) is 0 Å². The Bertz CT molecular complexity index is 930. The Morgan fingerprint density at radius 1 is 1.10 bits per heavy atom. The fraction of sp³-hybridized carbons (Fsp3) is 0.440. The molecule has 0 aliphatic heterocycles. The number of primary amides is 1. The highest BCUT2D eigenvalue weighted by Gasteiger charge is 2.40. The second kappa shape index (κ2) is 9.52. The average Bonchev–Trinajstić information content (AvgIpc) is 2.79. The minimum Gasteiger partial charge on any atom is -0.496 e. The van der Waals surface area contributed by atoms with Crippen molar-refractivity contribution in [1.82, 2.24) is 10.2 Å². The Morgan fingerprint density at radius 2 is 1.71 bits per heavy atom. The van der Waals surface area contributed by atoms with Gasteiger partial charge in [0, 0.05) is 25.7 Å². The van der Waals surface area contributed by atoms with Gasteiger partial charge in [-0.15, -0.1) is 0 Å². The van der Waals surface area contributed by atoms with E-state index in [-0.39, 0.29) is 11.8 Å². The topological polar surface area (TPSA) is 84.7 Å². The normalized spacial score (nSPS) is 20.8. The summed E-state index contributed by atoms with van der Waals surface area (Å²) in [4.78, 5) is 26.2. The zero-order valence-electron chi connectivity index (χ0n) is 18.9. The summed E-state index contributed by atoms with van der Waals surface area (Å²) in [6.45, 7) is 0. The predicted molar refractivity (Wildman–Crippen MR) is 123 cm³/mol. The Hall–Kier alpha value is -2.86. The summed E-state index contributed by atoms with van der Waals surface area (Å²) in [5, 5.41) is 3.31. The lowest BCUT2D eigenvalue weighted by Gasteiger charge is -2.38. The van der Waals surface area contributed by atoms with Gasteiger partial charge in [0.05, 0.1) is 12.5 Å². The largest absolute Gasteiger partial charge is 0.496 e. The molecule has 2 aromatic rings. The van der Waals surface area contributed by atoms with E-state index in [1.165, 1.54) is 0 Å². The fourth-order valence-corrected chi connectivity index (χ4v) is 4.49. The Kier molecular flexibility index (Phi) is 7.01. The molecule has 166 valence electrons. The van der Waals surface area contributed by atoms with E-state index in [9.17, 15) is 9.59 Å². The molecule has 0 atom stereocenters. The van der Waals surface area contributed by atoms with Crippen molar-refractivity contribution >= 4 is 11.8 Å². The van der Waals surface area contributed by atoms with Crippen molar-refractivity contribution < 1.29 is 14.3 Å². The second-order valence-corrected chi connectivity index (χ2v) is 8.69. The molecule has 6 heteroatoms. The number of rotatable bonds is 7. The van der Waals surface area contributed by atoms with Crippen LogP contribution in [0.25, 0.3) is 11.1 Å². The number of carbonyl (C=O) groups is 2. The van der Waals surface area contributed by atoms with Crippen LogP contribution in [-0.4, -0.2) is 51.0 Å². The van der Waals surface area contributed by atoms with Crippen LogP contribution in [0.15, 0.2) is 42.5 Å². The van der Waals surface area contributed by atoms with E-state index < -0.39 is 5.41 Å². The molecule has 0 radical (unpaired) electrons. The Labute approximate surface area is 184 Å². The lowest BCUT2D eigenvalue weighted by atomic mass is 9.68. The minimum atomic E-state index is -0.554. The van der Waals surface area contributed by atoms with E-state index in [1.807, 2.05) is 43.4 Å². The summed E-state index contributed by atoms with van der Waals surface area (Å²) in [6.07, 6.45) is 3.96. The first kappa shape index (κ1) is 22.8. The zero-order valence-corrected chi connectivity index (χ0v) is 18.9. The third-order valence-corrected chi connectivity index (χ3v) is 6.55. The summed E-state index contributed by atoms with van der Waals surface area (Å²) in [6, 6.07) is 14.0. The molecule has 3 N–H and O–H groups in total. The molecule has 6 nitrogen and oxygen atoms in total. The molecular weight excluding hydrogens is 390 g/mol. The van der Waals surface area contributed by atoms with E-state index >= 15 is 0 Å². The smallest absolute Gasteiger partial charge is 0.253 e. The molecule has 0 spiro atoms. The second-order valence-electron chi connectivity index (χ2n) is 8.69. The van der Waals surface area contributed by atoms with Gasteiger partial charge < -0.3 is 20.7 Å². The summed E-state index contributed by atoms with van der Waals surface area (Å²) in [7, 11) is 7.09. The molecule has 1 saturated carbocycles. The van der Waals surface area contributed by atoms with Crippen LogP contribution in [0.1, 0.15) is 41.6 Å². The number of benzene rings is 2. The quantitative estimate of drug-likeness (QED) is 0.716. The van der Waals surface area contributed by atoms with Crippen LogP contribution in [0.2, 0.25) is 0 Å². The first-order valence-electron chi connectivity index (χ1n) is 10.8. The molecule has 1 aliphatic rings. The van der Waals surface area contributed by atoms with Gasteiger partial charge in [-0.05, 0) is 80.1 Å². The molecular formula is C25H33N3O3. The molecule has 0 aromatic heterocycles. The van der Waals surface area contributed by atoms with Gasteiger partial charge in [0.2, 0.25) is 5.91 Å². The van der Waals surface area contributed by atoms with Crippen molar-refractivity contribution in [2.75, 3.05) is 28.3 Å². The first-order valence-corrected chi connectivity index (χ1v) is 10.8. The van der Waals surface area contributed by atoms with Gasteiger partial charge in [-0.1, -0.05) is 18.2 Å². The molecule has 0 saturated heterocycles. The third-order valence-electron chi connectivity index (χ3n) is 6.55. The maximum Gasteiger partial charge on any atom is 0.253 e. The van der Waals surface area contributed by atoms with Crippen LogP contribution < -0.4 is 15.8 Å². The fourth-order valence-electron chi connectivity index (χ4n) is 4.49. The zero-order chi connectivity index (χ0) is 22.6. The molecule has 0 bridgehead atoms. The van der Waals surface area contributed by atoms with Gasteiger partial charge in [-0.25, -0.2) is 0 Å². The number of nitrogens with zero attached hydrogens (tertiary/aromatic N) is 1. The van der Waals surface area contributed by atoms with Crippen LogP contribution in [-0.2, 0) is 11.2 Å². The van der Waals surface area contributed by atoms with Crippen molar-refractivity contribution in [2.45, 2.75) is 38.1 Å². The number of nitrogens with two attached hydrogens (primary N) is 1. The number of nitrogens with one attached hydrogen (secondary N) is 1. The third kappa shape index (κ3) is 4.90. The van der Waals surface area contributed by atoms with Gasteiger partial charge in [0.25, 0.3) is 5.91 Å². The van der Waals surface area contributed by atoms with Crippen LogP contribution in [0.4, 0.5) is 0 Å². The van der Waals surface area contributed by atoms with Crippen molar-refractivity contribution in [2.24, 2.45) is 11.1 Å². The van der Waals surface area contributed by atoms with Crippen LogP contribution in [0.5, 0.6) is 5.75 Å². The molecule has 0 unspecified atom stereocenters. The van der Waals surface area contributed by atoms with E-state index in [2.05, 4.69) is 11.4 Å². The van der Waals surface area contributed by atoms with Gasteiger partial charge in [-0.3, -0.25) is 9.59 Å². The number of amides is 2. The lowest BCUT2D eigenvalue weighted by Crippen LogP contribution is -2.45. The standard InChI is InChI=1S/C25H33N3O3/c1-27-21-11-13-25(14-12-21,24(26)30)16-20-15-19(9-10-22(20)31-4)17-5-7-18(8-6-17)23(29)28(2)3/h5-10,15,21,27H,11-14,16H2,1-4H3,(H2,26,30). The molecule has 2 amide bonds. The Morgan fingerprint density at radius 3 is 2.23 bits per heavy atom. The molecule has 3 rings (SSSR count). The summed E-state index contributed by atoms with van der Waals surface area (Å²) in [5.41, 5.74) is 9.01. The van der Waals surface area contributed by atoms with E-state index in [4.69, 9.17) is 10.5 Å². The maximum absolute atomic E-state index is 12.5. The number of hydrogen-bond acceptors (Lipinski definition) is 4. The number of hydrogen-bond donors (Lipinski definition) is 2. The lowest BCUT2D eigenvalue weighted by molar-refractivity contribution is -0.129. The van der Waals surface area contributed by atoms with Crippen molar-refractivity contribution in [3.8, 4) is 16.9 Å². The van der Waals surface area contributed by atoms with Crippen molar-refractivity contribution in [3.05, 3.63) is 53.6 Å². The molecule has 1 fully saturated rings. The van der Waals surface area contributed by atoms with Gasteiger partial charge in [0.1, 0.15) is 5.75 Å². The number of carbonyl (C=O) groups excluding carboxylic acids is 2. The summed E-state index contributed by atoms with van der Waals surface area (Å²) in [5.74, 6) is 0.503. The van der Waals surface area contributed by atoms with Crippen LogP contribution >= 0.6 is 0 Å². The molecule has 2 aromatic carbocycles. The number of methoxy groups -OCH3 is 1. The van der Waals surface area contributed by atoms with Gasteiger partial charge >= 0.3 is 0 Å². The molecule has 0 heterocycles. The van der Waals surface area contributed by atoms with Crippen LogP contribution in [0.3, 0.4) is 0 Å². The Balaban J connectivity index is 1.90. The maximum atomic E-state index is 12.5. The predicted octanol–water partition coefficient (Wildman–Crippen LogP) is 3.24. The van der Waals surface area contributed by atoms with Gasteiger partial charge in [-0.2, -0.15) is 0 Å². The van der Waals surface area contributed by atoms with Crippen molar-refractivity contribution in [3.63, 3.8) is 0 Å². The van der Waals surface area contributed by atoms with E-state index in [0.717, 1.165) is 48.1 Å².